The molecular weight excluding hydrogens is 370 g/mol. The third-order valence-electron chi connectivity index (χ3n) is 4.34. The molecule has 27 heavy (non-hydrogen) atoms. The fraction of sp³-hybridized carbons (Fsp3) is 0.421. The number of amides is 1. The predicted octanol–water partition coefficient (Wildman–Crippen LogP) is 3.02. The molecule has 1 aliphatic rings. The summed E-state index contributed by atoms with van der Waals surface area (Å²) in [5, 5.41) is 3.49. The van der Waals surface area contributed by atoms with Gasteiger partial charge in [0, 0.05) is 6.04 Å². The van der Waals surface area contributed by atoms with Crippen molar-refractivity contribution < 1.29 is 19.0 Å². The first-order chi connectivity index (χ1) is 13.1. The van der Waals surface area contributed by atoms with Crippen LogP contribution >= 0.6 is 11.6 Å². The molecule has 7 nitrogen and oxygen atoms in total. The Morgan fingerprint density at radius 3 is 2.37 bits per heavy atom. The van der Waals surface area contributed by atoms with Gasteiger partial charge in [-0.25, -0.2) is 9.97 Å². The molecule has 1 N–H and O–H groups in total. The highest BCUT2D eigenvalue weighted by Gasteiger charge is 2.24. The lowest BCUT2D eigenvalue weighted by Gasteiger charge is -2.28. The summed E-state index contributed by atoms with van der Waals surface area (Å²) in [6.45, 7) is -0.0125. The topological polar surface area (TPSA) is 82.6 Å². The lowest BCUT2D eigenvalue weighted by Crippen LogP contribution is -2.41. The number of carbonyl (C=O) groups is 1. The number of methoxy groups -OCH3 is 1. The predicted molar refractivity (Wildman–Crippen MR) is 100 cm³/mol. The van der Waals surface area contributed by atoms with Crippen molar-refractivity contribution in [1.82, 2.24) is 15.3 Å². The van der Waals surface area contributed by atoms with Crippen molar-refractivity contribution in [2.45, 2.75) is 37.8 Å². The largest absolute Gasteiger partial charge is 0.497 e. The molecule has 2 aromatic rings. The zero-order chi connectivity index (χ0) is 19.1. The van der Waals surface area contributed by atoms with Crippen LogP contribution in [0.3, 0.4) is 0 Å². The summed E-state index contributed by atoms with van der Waals surface area (Å²) >= 11 is 5.76. The van der Waals surface area contributed by atoms with E-state index in [1.807, 2.05) is 0 Å². The van der Waals surface area contributed by atoms with E-state index in [9.17, 15) is 4.79 Å². The Morgan fingerprint density at radius 1 is 1.11 bits per heavy atom. The van der Waals surface area contributed by atoms with E-state index < -0.39 is 0 Å². The Kier molecular flexibility index (Phi) is 6.70. The summed E-state index contributed by atoms with van der Waals surface area (Å²) in [6, 6.07) is 7.58. The highest BCUT2D eigenvalue weighted by molar-refractivity contribution is 6.30. The van der Waals surface area contributed by atoms with Gasteiger partial charge in [-0.1, -0.05) is 11.6 Å². The van der Waals surface area contributed by atoms with Crippen LogP contribution in [0.25, 0.3) is 0 Å². The van der Waals surface area contributed by atoms with Gasteiger partial charge in [-0.3, -0.25) is 4.79 Å². The number of aromatic nitrogens is 2. The molecule has 0 atom stereocenters. The van der Waals surface area contributed by atoms with Crippen molar-refractivity contribution in [3.8, 4) is 17.5 Å². The first-order valence-corrected chi connectivity index (χ1v) is 9.20. The highest BCUT2D eigenvalue weighted by atomic mass is 35.5. The molecule has 1 saturated carbocycles. The Morgan fingerprint density at radius 2 is 1.74 bits per heavy atom. The number of nitrogens with one attached hydrogen (secondary N) is 1. The van der Waals surface area contributed by atoms with Crippen LogP contribution in [0.2, 0.25) is 5.02 Å². The maximum Gasteiger partial charge on any atom is 0.316 e. The van der Waals surface area contributed by atoms with E-state index in [2.05, 4.69) is 15.3 Å². The van der Waals surface area contributed by atoms with Gasteiger partial charge < -0.3 is 19.5 Å². The number of ether oxygens (including phenoxy) is 3. The molecule has 144 valence electrons. The van der Waals surface area contributed by atoms with Crippen LogP contribution in [-0.4, -0.2) is 41.7 Å². The number of rotatable bonds is 7. The van der Waals surface area contributed by atoms with Crippen LogP contribution in [0.1, 0.15) is 25.7 Å². The number of nitrogens with zero attached hydrogens (tertiary/aromatic N) is 2. The minimum atomic E-state index is -0.128. The van der Waals surface area contributed by atoms with Crippen LogP contribution in [0.4, 0.5) is 0 Å². The van der Waals surface area contributed by atoms with E-state index in [4.69, 9.17) is 25.8 Å². The molecule has 0 radical (unpaired) electrons. The monoisotopic (exact) mass is 391 g/mol. The molecule has 0 saturated heterocycles. The summed E-state index contributed by atoms with van der Waals surface area (Å²) in [6.07, 6.45) is 6.41. The smallest absolute Gasteiger partial charge is 0.316 e. The Hall–Kier alpha value is -2.54. The van der Waals surface area contributed by atoms with Crippen LogP contribution in [-0.2, 0) is 4.79 Å². The fourth-order valence-corrected chi connectivity index (χ4v) is 3.02. The number of hydrogen-bond donors (Lipinski definition) is 1. The van der Waals surface area contributed by atoms with Crippen molar-refractivity contribution >= 4 is 17.5 Å². The van der Waals surface area contributed by atoms with Gasteiger partial charge in [-0.2, -0.15) is 0 Å². The third kappa shape index (κ3) is 5.99. The molecule has 1 aromatic carbocycles. The maximum absolute atomic E-state index is 12.1. The van der Waals surface area contributed by atoms with Crippen molar-refractivity contribution in [2.75, 3.05) is 13.7 Å². The lowest BCUT2D eigenvalue weighted by atomic mass is 9.93. The van der Waals surface area contributed by atoms with E-state index in [1.54, 1.807) is 31.4 Å². The minimum absolute atomic E-state index is 0.0125. The van der Waals surface area contributed by atoms with Gasteiger partial charge in [-0.15, -0.1) is 0 Å². The second kappa shape index (κ2) is 9.41. The number of benzene rings is 1. The third-order valence-corrected chi connectivity index (χ3v) is 4.53. The van der Waals surface area contributed by atoms with E-state index in [0.29, 0.717) is 16.8 Å². The van der Waals surface area contributed by atoms with Gasteiger partial charge in [0.1, 0.15) is 17.6 Å². The summed E-state index contributed by atoms with van der Waals surface area (Å²) in [5.41, 5.74) is 0. The van der Waals surface area contributed by atoms with E-state index in [0.717, 1.165) is 31.4 Å². The van der Waals surface area contributed by atoms with Crippen molar-refractivity contribution in [1.29, 1.82) is 0 Å². The minimum Gasteiger partial charge on any atom is -0.497 e. The summed E-state index contributed by atoms with van der Waals surface area (Å²) in [5.74, 6) is 1.25. The van der Waals surface area contributed by atoms with Crippen LogP contribution in [0.15, 0.2) is 36.7 Å². The normalized spacial score (nSPS) is 19.2. The first kappa shape index (κ1) is 19.2. The summed E-state index contributed by atoms with van der Waals surface area (Å²) < 4.78 is 16.3. The molecule has 1 fully saturated rings. The average molecular weight is 392 g/mol. The number of carbonyl (C=O) groups excluding carboxylic acids is 1. The Bertz CT molecular complexity index is 732. The molecular formula is C19H22ClN3O4. The van der Waals surface area contributed by atoms with Gasteiger partial charge >= 0.3 is 6.01 Å². The SMILES string of the molecule is COc1ccc(OCC(=O)NC2CCC(Oc3ncc(Cl)cn3)CC2)cc1. The van der Waals surface area contributed by atoms with Gasteiger partial charge in [-0.05, 0) is 49.9 Å². The van der Waals surface area contributed by atoms with E-state index in [1.165, 1.54) is 12.4 Å². The van der Waals surface area contributed by atoms with Crippen LogP contribution in [0.5, 0.6) is 17.5 Å². The number of halogens is 1. The quantitative estimate of drug-likeness (QED) is 0.781. The first-order valence-electron chi connectivity index (χ1n) is 8.83. The van der Waals surface area contributed by atoms with Crippen molar-refractivity contribution in [3.63, 3.8) is 0 Å². The van der Waals surface area contributed by atoms with Crippen molar-refractivity contribution in [3.05, 3.63) is 41.7 Å². The molecule has 0 aliphatic heterocycles. The summed E-state index contributed by atoms with van der Waals surface area (Å²) in [7, 11) is 1.60. The van der Waals surface area contributed by atoms with Gasteiger partial charge in [0.2, 0.25) is 0 Å². The maximum atomic E-state index is 12.1. The highest BCUT2D eigenvalue weighted by Crippen LogP contribution is 2.22. The van der Waals surface area contributed by atoms with Gasteiger partial charge in [0.15, 0.2) is 6.61 Å². The molecule has 1 heterocycles. The molecule has 0 spiro atoms. The lowest BCUT2D eigenvalue weighted by molar-refractivity contribution is -0.124. The van der Waals surface area contributed by atoms with Gasteiger partial charge in [0.25, 0.3) is 5.91 Å². The molecule has 3 rings (SSSR count). The van der Waals surface area contributed by atoms with E-state index >= 15 is 0 Å². The molecule has 0 bridgehead atoms. The molecule has 8 heteroatoms. The zero-order valence-electron chi connectivity index (χ0n) is 15.1. The Balaban J connectivity index is 1.36. The molecule has 0 unspecified atom stereocenters. The number of hydrogen-bond acceptors (Lipinski definition) is 6. The second-order valence-electron chi connectivity index (χ2n) is 6.31. The fourth-order valence-electron chi connectivity index (χ4n) is 2.93. The molecule has 1 aromatic heterocycles. The summed E-state index contributed by atoms with van der Waals surface area (Å²) in [4.78, 5) is 20.2. The van der Waals surface area contributed by atoms with E-state index in [-0.39, 0.29) is 24.7 Å². The second-order valence-corrected chi connectivity index (χ2v) is 6.74. The van der Waals surface area contributed by atoms with Crippen molar-refractivity contribution in [2.24, 2.45) is 0 Å². The standard InChI is InChI=1S/C19H22ClN3O4/c1-25-15-6-8-16(9-7-15)26-12-18(24)23-14-2-4-17(5-3-14)27-19-21-10-13(20)11-22-19/h6-11,14,17H,2-5,12H2,1H3,(H,23,24). The zero-order valence-corrected chi connectivity index (χ0v) is 15.8. The Labute approximate surface area is 163 Å². The van der Waals surface area contributed by atoms with Crippen LogP contribution in [0, 0.1) is 0 Å². The molecule has 1 aliphatic carbocycles. The average Bonchev–Trinajstić information content (AvgIpc) is 2.70. The molecule has 1 amide bonds. The van der Waals surface area contributed by atoms with Crippen LogP contribution < -0.4 is 19.5 Å². The van der Waals surface area contributed by atoms with Gasteiger partial charge in [0.05, 0.1) is 24.5 Å².